The first-order chi connectivity index (χ1) is 11.7. The molecule has 10 heteroatoms. The number of hydrogen-bond donors (Lipinski definition) is 1. The van der Waals surface area contributed by atoms with Crippen LogP contribution in [0.1, 0.15) is 25.3 Å². The first-order valence-corrected chi connectivity index (χ1v) is 9.14. The highest BCUT2D eigenvalue weighted by Gasteiger charge is 2.34. The lowest BCUT2D eigenvalue weighted by atomic mass is 9.77. The lowest BCUT2D eigenvalue weighted by molar-refractivity contribution is 0.177. The molecule has 25 heavy (non-hydrogen) atoms. The third-order valence-electron chi connectivity index (χ3n) is 3.77. The molecule has 1 aromatic carbocycles. The van der Waals surface area contributed by atoms with Gasteiger partial charge in [-0.1, -0.05) is 23.7 Å². The van der Waals surface area contributed by atoms with Gasteiger partial charge in [0.1, 0.15) is 18.1 Å². The summed E-state index contributed by atoms with van der Waals surface area (Å²) in [6.45, 7) is 1.73. The molecule has 0 amide bonds. The van der Waals surface area contributed by atoms with Crippen LogP contribution < -0.4 is 0 Å². The van der Waals surface area contributed by atoms with Gasteiger partial charge in [-0.2, -0.15) is 18.8 Å². The molecule has 0 spiro atoms. The zero-order valence-electron chi connectivity index (χ0n) is 13.4. The van der Waals surface area contributed by atoms with E-state index in [1.807, 2.05) is 0 Å². The maximum Gasteiger partial charge on any atom is 0.397 e. The molecule has 2 rings (SSSR count). The van der Waals surface area contributed by atoms with Crippen LogP contribution in [0.25, 0.3) is 0 Å². The second kappa shape index (κ2) is 7.93. The zero-order chi connectivity index (χ0) is 18.5. The van der Waals surface area contributed by atoms with E-state index in [4.69, 9.17) is 16.2 Å². The minimum Gasteiger partial charge on any atom is -0.264 e. The summed E-state index contributed by atoms with van der Waals surface area (Å²) in [4.78, 5) is 3.88. The van der Waals surface area contributed by atoms with Crippen molar-refractivity contribution in [3.8, 4) is 6.07 Å². The summed E-state index contributed by atoms with van der Waals surface area (Å²) in [6, 6.07) is 9.17. The van der Waals surface area contributed by atoms with Crippen molar-refractivity contribution < 1.29 is 17.2 Å². The third kappa shape index (κ3) is 5.51. The van der Waals surface area contributed by atoms with E-state index < -0.39 is 21.9 Å². The number of aromatic nitrogens is 3. The van der Waals surface area contributed by atoms with Crippen molar-refractivity contribution in [1.29, 1.82) is 5.26 Å². The molecule has 134 valence electrons. The molecule has 1 heterocycles. The Morgan fingerprint density at radius 2 is 2.12 bits per heavy atom. The molecule has 8 nitrogen and oxygen atoms in total. The van der Waals surface area contributed by atoms with Crippen LogP contribution in [0.2, 0.25) is 5.02 Å². The topological polar surface area (TPSA) is 118 Å². The number of benzene rings is 1. The Morgan fingerprint density at radius 1 is 1.44 bits per heavy atom. The van der Waals surface area contributed by atoms with Crippen molar-refractivity contribution >= 4 is 22.0 Å². The summed E-state index contributed by atoms with van der Waals surface area (Å²) >= 11 is 5.92. The number of nitrogens with zero attached hydrogens (tertiary/aromatic N) is 4. The molecule has 0 radical (unpaired) electrons. The van der Waals surface area contributed by atoms with Crippen molar-refractivity contribution in [3.05, 3.63) is 47.5 Å². The molecular formula is C15H17ClN4O4S. The second-order valence-corrected chi connectivity index (χ2v) is 7.15. The third-order valence-corrected chi connectivity index (χ3v) is 4.60. The van der Waals surface area contributed by atoms with Gasteiger partial charge < -0.3 is 0 Å². The molecule has 1 aromatic heterocycles. The van der Waals surface area contributed by atoms with Crippen LogP contribution in [0.4, 0.5) is 0 Å². The summed E-state index contributed by atoms with van der Waals surface area (Å²) < 4.78 is 36.5. The largest absolute Gasteiger partial charge is 0.397 e. The molecule has 2 aromatic rings. The fourth-order valence-electron chi connectivity index (χ4n) is 2.54. The highest BCUT2D eigenvalue weighted by Crippen LogP contribution is 2.32. The van der Waals surface area contributed by atoms with Crippen LogP contribution in [-0.4, -0.2) is 33.8 Å². The van der Waals surface area contributed by atoms with Gasteiger partial charge in [-0.25, -0.2) is 9.17 Å². The maximum absolute atomic E-state index is 10.8. The average Bonchev–Trinajstić information content (AvgIpc) is 3.03. The minimum absolute atomic E-state index is 0.226. The summed E-state index contributed by atoms with van der Waals surface area (Å²) in [5.74, 6) is 0. The first-order valence-electron chi connectivity index (χ1n) is 7.39. The van der Waals surface area contributed by atoms with Crippen LogP contribution >= 0.6 is 11.6 Å². The summed E-state index contributed by atoms with van der Waals surface area (Å²) in [5, 5.41) is 14.5. The van der Waals surface area contributed by atoms with Crippen molar-refractivity contribution in [2.45, 2.75) is 37.8 Å². The molecule has 0 saturated heterocycles. The Labute approximate surface area is 151 Å². The van der Waals surface area contributed by atoms with E-state index in [0.29, 0.717) is 10.6 Å². The second-order valence-electron chi connectivity index (χ2n) is 5.67. The molecular weight excluding hydrogens is 368 g/mol. The number of nitriles is 1. The molecule has 0 aliphatic carbocycles. The molecule has 0 fully saturated rings. The van der Waals surface area contributed by atoms with Crippen molar-refractivity contribution in [1.82, 2.24) is 14.8 Å². The van der Waals surface area contributed by atoms with Gasteiger partial charge in [0.25, 0.3) is 0 Å². The number of rotatable bonds is 8. The number of hydrogen-bond acceptors (Lipinski definition) is 6. The SMILES string of the molecule is CC(CCC(C#N)(Cn1cncn1)c1ccc(Cl)cc1)OS(=O)(=O)O. The Hall–Kier alpha value is -1.99. The van der Waals surface area contributed by atoms with Gasteiger partial charge in [0.15, 0.2) is 0 Å². The molecule has 0 saturated carbocycles. The van der Waals surface area contributed by atoms with E-state index >= 15 is 0 Å². The van der Waals surface area contributed by atoms with E-state index in [1.165, 1.54) is 24.3 Å². The Balaban J connectivity index is 2.27. The van der Waals surface area contributed by atoms with Gasteiger partial charge in [-0.05, 0) is 37.5 Å². The van der Waals surface area contributed by atoms with E-state index in [-0.39, 0.29) is 19.4 Å². The fraction of sp³-hybridized carbons (Fsp3) is 0.400. The van der Waals surface area contributed by atoms with Gasteiger partial charge in [0.2, 0.25) is 0 Å². The van der Waals surface area contributed by atoms with Gasteiger partial charge >= 0.3 is 10.4 Å². The normalized spacial score (nSPS) is 15.3. The van der Waals surface area contributed by atoms with Crippen LogP contribution in [0.5, 0.6) is 0 Å². The van der Waals surface area contributed by atoms with Crippen molar-refractivity contribution in [3.63, 3.8) is 0 Å². The monoisotopic (exact) mass is 384 g/mol. The lowest BCUT2D eigenvalue weighted by Gasteiger charge is -2.28. The lowest BCUT2D eigenvalue weighted by Crippen LogP contribution is -2.32. The molecule has 1 N–H and O–H groups in total. The molecule has 0 bridgehead atoms. The average molecular weight is 385 g/mol. The van der Waals surface area contributed by atoms with Crippen LogP contribution in [0, 0.1) is 11.3 Å². The Morgan fingerprint density at radius 3 is 2.64 bits per heavy atom. The predicted octanol–water partition coefficient (Wildman–Crippen LogP) is 2.38. The first kappa shape index (κ1) is 19.3. The molecule has 0 aliphatic heterocycles. The van der Waals surface area contributed by atoms with Crippen molar-refractivity contribution in [2.75, 3.05) is 0 Å². The quantitative estimate of drug-likeness (QED) is 0.694. The van der Waals surface area contributed by atoms with Gasteiger partial charge in [-0.15, -0.1) is 0 Å². The zero-order valence-corrected chi connectivity index (χ0v) is 15.0. The Kier molecular flexibility index (Phi) is 6.13. The smallest absolute Gasteiger partial charge is 0.264 e. The van der Waals surface area contributed by atoms with Gasteiger partial charge in [0, 0.05) is 5.02 Å². The predicted molar refractivity (Wildman–Crippen MR) is 90.1 cm³/mol. The van der Waals surface area contributed by atoms with Gasteiger partial charge in [0.05, 0.1) is 18.7 Å². The van der Waals surface area contributed by atoms with E-state index in [1.54, 1.807) is 24.3 Å². The summed E-state index contributed by atoms with van der Waals surface area (Å²) in [7, 11) is -4.55. The van der Waals surface area contributed by atoms with Gasteiger partial charge in [-0.3, -0.25) is 9.23 Å². The fourth-order valence-corrected chi connectivity index (χ4v) is 3.17. The maximum atomic E-state index is 10.8. The highest BCUT2D eigenvalue weighted by molar-refractivity contribution is 7.80. The van der Waals surface area contributed by atoms with E-state index in [0.717, 1.165) is 0 Å². The highest BCUT2D eigenvalue weighted by atomic mass is 35.5. The Bertz CT molecular complexity index is 833. The van der Waals surface area contributed by atoms with Crippen molar-refractivity contribution in [2.24, 2.45) is 0 Å². The van der Waals surface area contributed by atoms with E-state index in [2.05, 4.69) is 20.3 Å². The van der Waals surface area contributed by atoms with Crippen LogP contribution in [-0.2, 0) is 26.5 Å². The summed E-state index contributed by atoms with van der Waals surface area (Å²) in [5.41, 5.74) is -0.274. The summed E-state index contributed by atoms with van der Waals surface area (Å²) in [6.07, 6.45) is 2.59. The van der Waals surface area contributed by atoms with Crippen LogP contribution in [0.3, 0.4) is 0 Å². The molecule has 0 aliphatic rings. The minimum atomic E-state index is -4.55. The van der Waals surface area contributed by atoms with Crippen LogP contribution in [0.15, 0.2) is 36.9 Å². The molecule has 2 atom stereocenters. The molecule has 2 unspecified atom stereocenters. The van der Waals surface area contributed by atoms with E-state index in [9.17, 15) is 13.7 Å². The standard InChI is InChI=1S/C15H17ClN4O4S/c1-12(24-25(21,22)23)6-7-15(8-17,9-20-11-18-10-19-20)13-2-4-14(16)5-3-13/h2-5,10-12H,6-7,9H2,1H3,(H,21,22,23). The number of halogens is 1.